The Balaban J connectivity index is 2.80. The summed E-state index contributed by atoms with van der Waals surface area (Å²) in [4.78, 5) is 4.11. The Labute approximate surface area is 85.5 Å². The molecule has 0 fully saturated rings. The fourth-order valence-corrected chi connectivity index (χ4v) is 1.92. The van der Waals surface area contributed by atoms with Crippen LogP contribution < -0.4 is 0 Å². The van der Waals surface area contributed by atoms with Crippen LogP contribution >= 0.6 is 0 Å². The van der Waals surface area contributed by atoms with Gasteiger partial charge in [-0.05, 0) is 31.8 Å². The van der Waals surface area contributed by atoms with E-state index in [1.165, 1.54) is 0 Å². The molecule has 3 nitrogen and oxygen atoms in total. The first-order chi connectivity index (χ1) is 6.53. The summed E-state index contributed by atoms with van der Waals surface area (Å²) in [5.74, 6) is 0. The first kappa shape index (κ1) is 10.9. The minimum absolute atomic E-state index is 0.525. The molecule has 1 atom stereocenters. The van der Waals surface area contributed by atoms with Crippen molar-refractivity contribution >= 4 is 8.32 Å². The maximum Gasteiger partial charge on any atom is 0.186 e. The van der Waals surface area contributed by atoms with E-state index in [-0.39, 0.29) is 0 Å². The summed E-state index contributed by atoms with van der Waals surface area (Å²) < 4.78 is 5.69. The maximum absolute atomic E-state index is 8.95. The van der Waals surface area contributed by atoms with E-state index in [0.717, 1.165) is 0 Å². The second-order valence-corrected chi connectivity index (χ2v) is 8.45. The van der Waals surface area contributed by atoms with E-state index in [2.05, 4.69) is 30.7 Å². The Bertz CT molecular complexity index is 326. The number of hydrogen-bond acceptors (Lipinski definition) is 3. The average molecular weight is 206 g/mol. The van der Waals surface area contributed by atoms with Gasteiger partial charge in [0.15, 0.2) is 14.4 Å². The van der Waals surface area contributed by atoms with Gasteiger partial charge in [-0.25, -0.2) is 0 Å². The van der Waals surface area contributed by atoms with Crippen molar-refractivity contribution in [1.29, 1.82) is 5.26 Å². The first-order valence-electron chi connectivity index (χ1n) is 4.51. The Hall–Kier alpha value is -1.18. The molecular formula is C10H14N2OSi. The lowest BCUT2D eigenvalue weighted by Crippen LogP contribution is -2.27. The molecule has 0 aliphatic carbocycles. The van der Waals surface area contributed by atoms with Crippen LogP contribution in [0.25, 0.3) is 0 Å². The maximum atomic E-state index is 8.95. The van der Waals surface area contributed by atoms with Crippen LogP contribution in [0.5, 0.6) is 0 Å². The van der Waals surface area contributed by atoms with Crippen LogP contribution in [0.1, 0.15) is 11.8 Å². The van der Waals surface area contributed by atoms with Crippen molar-refractivity contribution in [3.8, 4) is 6.07 Å². The van der Waals surface area contributed by atoms with Gasteiger partial charge in [-0.3, -0.25) is 4.98 Å². The van der Waals surface area contributed by atoms with E-state index >= 15 is 0 Å². The van der Waals surface area contributed by atoms with Crippen LogP contribution in [0.4, 0.5) is 0 Å². The van der Waals surface area contributed by atoms with Gasteiger partial charge in [0.2, 0.25) is 0 Å². The number of nitriles is 1. The van der Waals surface area contributed by atoms with E-state index in [1.54, 1.807) is 6.20 Å². The normalized spacial score (nSPS) is 13.3. The Morgan fingerprint density at radius 3 is 2.57 bits per heavy atom. The fourth-order valence-electron chi connectivity index (χ4n) is 1.04. The highest BCUT2D eigenvalue weighted by Crippen LogP contribution is 2.19. The average Bonchev–Trinajstić information content (AvgIpc) is 2.14. The van der Waals surface area contributed by atoms with Crippen LogP contribution in [-0.4, -0.2) is 13.3 Å². The van der Waals surface area contributed by atoms with Crippen LogP contribution in [0.2, 0.25) is 19.6 Å². The lowest BCUT2D eigenvalue weighted by Gasteiger charge is -2.20. The van der Waals surface area contributed by atoms with Crippen molar-refractivity contribution in [2.45, 2.75) is 25.7 Å². The smallest absolute Gasteiger partial charge is 0.186 e. The highest BCUT2D eigenvalue weighted by atomic mass is 28.4. The molecule has 0 N–H and O–H groups in total. The fraction of sp³-hybridized carbons (Fsp3) is 0.400. The predicted octanol–water partition coefficient (Wildman–Crippen LogP) is 2.50. The van der Waals surface area contributed by atoms with Crippen molar-refractivity contribution in [1.82, 2.24) is 4.98 Å². The molecule has 0 aliphatic heterocycles. The Kier molecular flexibility index (Phi) is 3.39. The number of hydrogen-bond donors (Lipinski definition) is 0. The molecule has 74 valence electrons. The zero-order chi connectivity index (χ0) is 10.6. The third-order valence-electron chi connectivity index (χ3n) is 1.55. The van der Waals surface area contributed by atoms with Gasteiger partial charge in [0.1, 0.15) is 0 Å². The second kappa shape index (κ2) is 4.36. The van der Waals surface area contributed by atoms with E-state index in [1.807, 2.05) is 18.2 Å². The summed E-state index contributed by atoms with van der Waals surface area (Å²) in [5, 5.41) is 8.95. The minimum atomic E-state index is -1.69. The predicted molar refractivity (Wildman–Crippen MR) is 57.0 cm³/mol. The molecule has 14 heavy (non-hydrogen) atoms. The van der Waals surface area contributed by atoms with Crippen LogP contribution in [0.3, 0.4) is 0 Å². The van der Waals surface area contributed by atoms with Gasteiger partial charge >= 0.3 is 0 Å². The second-order valence-electron chi connectivity index (χ2n) is 3.99. The lowest BCUT2D eigenvalue weighted by atomic mass is 10.2. The number of aromatic nitrogens is 1. The molecule has 0 aliphatic rings. The summed E-state index contributed by atoms with van der Waals surface area (Å²) in [5.41, 5.74) is 0.692. The summed E-state index contributed by atoms with van der Waals surface area (Å²) in [7, 11) is -1.69. The van der Waals surface area contributed by atoms with Crippen molar-refractivity contribution in [3.05, 3.63) is 30.1 Å². The van der Waals surface area contributed by atoms with Gasteiger partial charge in [-0.2, -0.15) is 5.26 Å². The molecule has 0 saturated carbocycles. The van der Waals surface area contributed by atoms with Crippen molar-refractivity contribution < 1.29 is 4.43 Å². The topological polar surface area (TPSA) is 45.9 Å². The van der Waals surface area contributed by atoms with Crippen molar-refractivity contribution in [2.24, 2.45) is 0 Å². The monoisotopic (exact) mass is 206 g/mol. The standard InChI is InChI=1S/C10H14N2OSi/c1-14(2,3)13-10(8-11)9-6-4-5-7-12-9/h4-7,10H,1-3H3. The van der Waals surface area contributed by atoms with Gasteiger partial charge in [-0.15, -0.1) is 0 Å². The molecule has 1 heterocycles. The van der Waals surface area contributed by atoms with E-state index in [9.17, 15) is 0 Å². The SMILES string of the molecule is C[Si](C)(C)OC(C#N)c1ccccn1. The zero-order valence-corrected chi connectivity index (χ0v) is 9.69. The largest absolute Gasteiger partial charge is 0.398 e. The van der Waals surface area contributed by atoms with Crippen molar-refractivity contribution in [3.63, 3.8) is 0 Å². The molecule has 1 aromatic heterocycles. The van der Waals surface area contributed by atoms with Crippen LogP contribution in [0.15, 0.2) is 24.4 Å². The molecule has 0 radical (unpaired) electrons. The van der Waals surface area contributed by atoms with Crippen molar-refractivity contribution in [2.75, 3.05) is 0 Å². The highest BCUT2D eigenvalue weighted by Gasteiger charge is 2.22. The molecule has 0 bridgehead atoms. The van der Waals surface area contributed by atoms with Gasteiger partial charge in [0.05, 0.1) is 11.8 Å². The molecular weight excluding hydrogens is 192 g/mol. The molecule has 1 unspecified atom stereocenters. The summed E-state index contributed by atoms with van der Waals surface area (Å²) in [6.07, 6.45) is 1.15. The molecule has 0 saturated heterocycles. The quantitative estimate of drug-likeness (QED) is 0.714. The first-order valence-corrected chi connectivity index (χ1v) is 7.92. The van der Waals surface area contributed by atoms with E-state index < -0.39 is 14.4 Å². The molecule has 0 amide bonds. The van der Waals surface area contributed by atoms with Gasteiger partial charge in [0.25, 0.3) is 0 Å². The summed E-state index contributed by atoms with van der Waals surface area (Å²) in [6.45, 7) is 6.17. The Morgan fingerprint density at radius 2 is 2.14 bits per heavy atom. The molecule has 0 spiro atoms. The highest BCUT2D eigenvalue weighted by molar-refractivity contribution is 6.69. The third kappa shape index (κ3) is 3.28. The van der Waals surface area contributed by atoms with Gasteiger partial charge in [-0.1, -0.05) is 6.07 Å². The number of pyridine rings is 1. The Morgan fingerprint density at radius 1 is 1.43 bits per heavy atom. The van der Waals surface area contributed by atoms with Gasteiger partial charge in [0, 0.05) is 6.20 Å². The van der Waals surface area contributed by atoms with Crippen LogP contribution in [-0.2, 0) is 4.43 Å². The van der Waals surface area contributed by atoms with E-state index in [0.29, 0.717) is 5.69 Å². The molecule has 4 heteroatoms. The minimum Gasteiger partial charge on any atom is -0.398 e. The molecule has 1 rings (SSSR count). The molecule has 1 aromatic rings. The lowest BCUT2D eigenvalue weighted by molar-refractivity contribution is 0.250. The zero-order valence-electron chi connectivity index (χ0n) is 8.69. The third-order valence-corrected chi connectivity index (χ3v) is 2.49. The number of nitrogens with zero attached hydrogens (tertiary/aromatic N) is 2. The number of rotatable bonds is 3. The molecule has 0 aromatic carbocycles. The van der Waals surface area contributed by atoms with Crippen LogP contribution in [0, 0.1) is 11.3 Å². The van der Waals surface area contributed by atoms with E-state index in [4.69, 9.17) is 9.69 Å². The summed E-state index contributed by atoms with van der Waals surface area (Å²) >= 11 is 0. The summed E-state index contributed by atoms with van der Waals surface area (Å²) in [6, 6.07) is 7.63. The van der Waals surface area contributed by atoms with Gasteiger partial charge < -0.3 is 4.43 Å².